The second kappa shape index (κ2) is 4.88. The lowest BCUT2D eigenvalue weighted by atomic mass is 10.1. The van der Waals surface area contributed by atoms with Gasteiger partial charge in [0.25, 0.3) is 0 Å². The number of carboxylic acids is 1. The molecule has 0 atom stereocenters. The Morgan fingerprint density at radius 3 is 2.89 bits per heavy atom. The highest BCUT2D eigenvalue weighted by Crippen LogP contribution is 2.32. The van der Waals surface area contributed by atoms with E-state index in [1.807, 2.05) is 24.3 Å². The van der Waals surface area contributed by atoms with Crippen LogP contribution in [0.3, 0.4) is 0 Å². The SMILES string of the molecule is O=C(O)c1cc2ccccc2c(NCCC2CC2)n1. The maximum atomic E-state index is 11.1. The number of anilines is 1. The molecule has 2 aromatic rings. The lowest BCUT2D eigenvalue weighted by Crippen LogP contribution is -2.08. The zero-order valence-corrected chi connectivity index (χ0v) is 10.6. The lowest BCUT2D eigenvalue weighted by Gasteiger charge is -2.09. The molecule has 3 rings (SSSR count). The Morgan fingerprint density at radius 1 is 1.37 bits per heavy atom. The van der Waals surface area contributed by atoms with Crippen molar-refractivity contribution in [3.63, 3.8) is 0 Å². The number of rotatable bonds is 5. The first-order valence-corrected chi connectivity index (χ1v) is 6.61. The molecule has 0 amide bonds. The summed E-state index contributed by atoms with van der Waals surface area (Å²) in [7, 11) is 0. The van der Waals surface area contributed by atoms with Crippen LogP contribution in [0.4, 0.5) is 5.82 Å². The summed E-state index contributed by atoms with van der Waals surface area (Å²) in [6.45, 7) is 0.852. The van der Waals surface area contributed by atoms with Gasteiger partial charge in [0.1, 0.15) is 5.82 Å². The fraction of sp³-hybridized carbons (Fsp3) is 0.333. The Hall–Kier alpha value is -2.10. The van der Waals surface area contributed by atoms with Gasteiger partial charge in [0.05, 0.1) is 0 Å². The molecule has 1 saturated carbocycles. The minimum absolute atomic E-state index is 0.0904. The van der Waals surface area contributed by atoms with Crippen LogP contribution in [0.25, 0.3) is 10.8 Å². The minimum atomic E-state index is -0.990. The quantitative estimate of drug-likeness (QED) is 0.862. The van der Waals surface area contributed by atoms with Crippen molar-refractivity contribution in [2.75, 3.05) is 11.9 Å². The number of nitrogens with one attached hydrogen (secondary N) is 1. The Bertz CT molecular complexity index is 621. The van der Waals surface area contributed by atoms with Gasteiger partial charge < -0.3 is 10.4 Å². The number of aromatic carboxylic acids is 1. The van der Waals surface area contributed by atoms with Gasteiger partial charge in [-0.15, -0.1) is 0 Å². The van der Waals surface area contributed by atoms with Crippen molar-refractivity contribution in [3.8, 4) is 0 Å². The van der Waals surface area contributed by atoms with E-state index in [1.165, 1.54) is 12.8 Å². The molecule has 1 fully saturated rings. The molecule has 1 heterocycles. The zero-order chi connectivity index (χ0) is 13.2. The van der Waals surface area contributed by atoms with Crippen LogP contribution in [-0.4, -0.2) is 22.6 Å². The van der Waals surface area contributed by atoms with Gasteiger partial charge in [0, 0.05) is 11.9 Å². The summed E-state index contributed by atoms with van der Waals surface area (Å²) in [6, 6.07) is 9.34. The van der Waals surface area contributed by atoms with Gasteiger partial charge in [-0.2, -0.15) is 0 Å². The fourth-order valence-electron chi connectivity index (χ4n) is 2.24. The molecule has 4 nitrogen and oxygen atoms in total. The van der Waals surface area contributed by atoms with E-state index in [-0.39, 0.29) is 5.69 Å². The number of carbonyl (C=O) groups is 1. The predicted molar refractivity (Wildman–Crippen MR) is 74.5 cm³/mol. The average Bonchev–Trinajstić information content (AvgIpc) is 3.22. The third-order valence-corrected chi connectivity index (χ3v) is 3.50. The molecule has 98 valence electrons. The Balaban J connectivity index is 1.91. The third-order valence-electron chi connectivity index (χ3n) is 3.50. The first-order valence-electron chi connectivity index (χ1n) is 6.61. The number of hydrogen-bond donors (Lipinski definition) is 2. The lowest BCUT2D eigenvalue weighted by molar-refractivity contribution is 0.0691. The van der Waals surface area contributed by atoms with Crippen molar-refractivity contribution in [1.29, 1.82) is 0 Å². The molecule has 4 heteroatoms. The van der Waals surface area contributed by atoms with E-state index in [9.17, 15) is 4.79 Å². The number of nitrogens with zero attached hydrogens (tertiary/aromatic N) is 1. The molecular weight excluding hydrogens is 240 g/mol. The molecule has 0 spiro atoms. The monoisotopic (exact) mass is 256 g/mol. The smallest absolute Gasteiger partial charge is 0.354 e. The summed E-state index contributed by atoms with van der Waals surface area (Å²) in [5, 5.41) is 14.3. The molecule has 0 unspecified atom stereocenters. The highest BCUT2D eigenvalue weighted by atomic mass is 16.4. The number of carboxylic acid groups (broad SMARTS) is 1. The van der Waals surface area contributed by atoms with E-state index in [2.05, 4.69) is 10.3 Å². The van der Waals surface area contributed by atoms with Crippen molar-refractivity contribution in [1.82, 2.24) is 4.98 Å². The summed E-state index contributed by atoms with van der Waals surface area (Å²) < 4.78 is 0. The summed E-state index contributed by atoms with van der Waals surface area (Å²) in [4.78, 5) is 15.3. The second-order valence-corrected chi connectivity index (χ2v) is 5.04. The highest BCUT2D eigenvalue weighted by Gasteiger charge is 2.20. The van der Waals surface area contributed by atoms with Crippen LogP contribution in [0, 0.1) is 5.92 Å². The first kappa shape index (κ1) is 12.0. The summed E-state index contributed by atoms with van der Waals surface area (Å²) in [5.41, 5.74) is 0.0904. The van der Waals surface area contributed by atoms with E-state index in [0.717, 1.165) is 29.7 Å². The van der Waals surface area contributed by atoms with Gasteiger partial charge in [-0.25, -0.2) is 9.78 Å². The van der Waals surface area contributed by atoms with Crippen molar-refractivity contribution < 1.29 is 9.90 Å². The summed E-state index contributed by atoms with van der Waals surface area (Å²) in [6.07, 6.45) is 3.78. The minimum Gasteiger partial charge on any atom is -0.477 e. The van der Waals surface area contributed by atoms with E-state index in [0.29, 0.717) is 5.82 Å². The van der Waals surface area contributed by atoms with Crippen LogP contribution in [0.15, 0.2) is 30.3 Å². The number of pyridine rings is 1. The molecule has 19 heavy (non-hydrogen) atoms. The molecule has 1 aliphatic rings. The topological polar surface area (TPSA) is 62.2 Å². The molecular formula is C15H16N2O2. The fourth-order valence-corrected chi connectivity index (χ4v) is 2.24. The molecule has 0 radical (unpaired) electrons. The van der Waals surface area contributed by atoms with Gasteiger partial charge in [0.2, 0.25) is 0 Å². The predicted octanol–water partition coefficient (Wildman–Crippen LogP) is 3.15. The van der Waals surface area contributed by atoms with Gasteiger partial charge in [-0.3, -0.25) is 0 Å². The average molecular weight is 256 g/mol. The molecule has 2 N–H and O–H groups in total. The van der Waals surface area contributed by atoms with Crippen LogP contribution in [0.2, 0.25) is 0 Å². The van der Waals surface area contributed by atoms with E-state index in [4.69, 9.17) is 5.11 Å². The van der Waals surface area contributed by atoms with Crippen LogP contribution in [-0.2, 0) is 0 Å². The van der Waals surface area contributed by atoms with Gasteiger partial charge in [-0.1, -0.05) is 37.1 Å². The molecule has 0 bridgehead atoms. The van der Waals surface area contributed by atoms with Crippen LogP contribution >= 0.6 is 0 Å². The van der Waals surface area contributed by atoms with Crippen molar-refractivity contribution in [3.05, 3.63) is 36.0 Å². The largest absolute Gasteiger partial charge is 0.477 e. The maximum absolute atomic E-state index is 11.1. The zero-order valence-electron chi connectivity index (χ0n) is 10.6. The van der Waals surface area contributed by atoms with Crippen LogP contribution in [0.1, 0.15) is 29.8 Å². The third kappa shape index (κ3) is 2.67. The van der Waals surface area contributed by atoms with Gasteiger partial charge in [0.15, 0.2) is 5.69 Å². The highest BCUT2D eigenvalue weighted by molar-refractivity contribution is 5.97. The number of fused-ring (bicyclic) bond motifs is 1. The standard InChI is InChI=1S/C15H16N2O2/c18-15(19)13-9-11-3-1-2-4-12(11)14(17-13)16-8-7-10-5-6-10/h1-4,9-10H,5-8H2,(H,16,17)(H,18,19). The second-order valence-electron chi connectivity index (χ2n) is 5.04. The Labute approximate surface area is 111 Å². The normalized spacial score (nSPS) is 14.5. The van der Waals surface area contributed by atoms with Crippen molar-refractivity contribution in [2.45, 2.75) is 19.3 Å². The molecule has 1 aromatic carbocycles. The molecule has 1 aromatic heterocycles. The van der Waals surface area contributed by atoms with E-state index < -0.39 is 5.97 Å². The van der Waals surface area contributed by atoms with Crippen molar-refractivity contribution >= 4 is 22.6 Å². The molecule has 1 aliphatic carbocycles. The molecule has 0 aliphatic heterocycles. The number of benzene rings is 1. The molecule has 0 saturated heterocycles. The van der Waals surface area contributed by atoms with Crippen molar-refractivity contribution in [2.24, 2.45) is 5.92 Å². The Morgan fingerprint density at radius 2 is 2.16 bits per heavy atom. The van der Waals surface area contributed by atoms with Gasteiger partial charge >= 0.3 is 5.97 Å². The number of aromatic nitrogens is 1. The van der Waals surface area contributed by atoms with Gasteiger partial charge in [-0.05, 0) is 23.8 Å². The van der Waals surface area contributed by atoms with Crippen LogP contribution in [0.5, 0.6) is 0 Å². The maximum Gasteiger partial charge on any atom is 0.354 e. The van der Waals surface area contributed by atoms with E-state index in [1.54, 1.807) is 6.07 Å². The van der Waals surface area contributed by atoms with Crippen LogP contribution < -0.4 is 5.32 Å². The number of hydrogen-bond acceptors (Lipinski definition) is 3. The first-order chi connectivity index (χ1) is 9.24. The Kier molecular flexibility index (Phi) is 3.07. The summed E-state index contributed by atoms with van der Waals surface area (Å²) in [5.74, 6) is 0.536. The van der Waals surface area contributed by atoms with E-state index >= 15 is 0 Å². The summed E-state index contributed by atoms with van der Waals surface area (Å²) >= 11 is 0.